The third-order valence-corrected chi connectivity index (χ3v) is 1.24. The van der Waals surface area contributed by atoms with E-state index in [2.05, 4.69) is 31.3 Å². The van der Waals surface area contributed by atoms with Crippen LogP contribution in [0.4, 0.5) is 0 Å². The molecule has 0 saturated heterocycles. The van der Waals surface area contributed by atoms with E-state index in [0.29, 0.717) is 0 Å². The maximum atomic E-state index is 3.20. The van der Waals surface area contributed by atoms with Crippen LogP contribution in [0.15, 0.2) is 23.5 Å². The molecule has 0 saturated carbocycles. The number of rotatable bonds is 0. The van der Waals surface area contributed by atoms with E-state index >= 15 is 0 Å². The fourth-order valence-corrected chi connectivity index (χ4v) is 0.826. The van der Waals surface area contributed by atoms with Gasteiger partial charge in [0.25, 0.3) is 0 Å². The van der Waals surface area contributed by atoms with Crippen molar-refractivity contribution in [2.45, 2.75) is 20.3 Å². The lowest BCUT2D eigenvalue weighted by Gasteiger charge is -2.09. The van der Waals surface area contributed by atoms with Crippen LogP contribution in [0.3, 0.4) is 0 Å². The zero-order valence-corrected chi connectivity index (χ0v) is 5.36. The van der Waals surface area contributed by atoms with Crippen LogP contribution in [0.1, 0.15) is 20.3 Å². The van der Waals surface area contributed by atoms with Crippen LogP contribution in [0.2, 0.25) is 0 Å². The minimum atomic E-state index is 1.09. The maximum absolute atomic E-state index is 3.20. The summed E-state index contributed by atoms with van der Waals surface area (Å²) in [6.45, 7) is 4.16. The van der Waals surface area contributed by atoms with E-state index in [1.54, 1.807) is 0 Å². The van der Waals surface area contributed by atoms with Crippen molar-refractivity contribution in [2.75, 3.05) is 0 Å². The summed E-state index contributed by atoms with van der Waals surface area (Å²) in [4.78, 5) is 0. The molecule has 1 heteroatoms. The van der Waals surface area contributed by atoms with Crippen LogP contribution in [-0.4, -0.2) is 0 Å². The van der Waals surface area contributed by atoms with Gasteiger partial charge in [0.2, 0.25) is 0 Å². The van der Waals surface area contributed by atoms with Crippen molar-refractivity contribution in [2.24, 2.45) is 0 Å². The van der Waals surface area contributed by atoms with Crippen molar-refractivity contribution in [3.8, 4) is 0 Å². The molecule has 0 amide bonds. The van der Waals surface area contributed by atoms with Crippen molar-refractivity contribution >= 4 is 0 Å². The van der Waals surface area contributed by atoms with Gasteiger partial charge in [0, 0.05) is 11.4 Å². The van der Waals surface area contributed by atoms with Crippen molar-refractivity contribution in [3.63, 3.8) is 0 Å². The Bertz CT molecular complexity index is 126. The molecule has 1 nitrogen and oxygen atoms in total. The molecule has 0 fully saturated rings. The van der Waals surface area contributed by atoms with Crippen LogP contribution in [-0.2, 0) is 0 Å². The normalized spacial score (nSPS) is 18.8. The van der Waals surface area contributed by atoms with Crippen molar-refractivity contribution in [3.05, 3.63) is 23.5 Å². The fraction of sp³-hybridized carbons (Fsp3) is 0.429. The Hall–Kier alpha value is -0.720. The molecule has 1 aliphatic rings. The molecule has 1 N–H and O–H groups in total. The second-order valence-corrected chi connectivity index (χ2v) is 2.13. The summed E-state index contributed by atoms with van der Waals surface area (Å²) in [7, 11) is 0. The van der Waals surface area contributed by atoms with E-state index in [1.165, 1.54) is 11.4 Å². The zero-order chi connectivity index (χ0) is 5.98. The van der Waals surface area contributed by atoms with Crippen molar-refractivity contribution in [1.82, 2.24) is 5.32 Å². The standard InChI is InChI=1S/C7H11N/c1-6-4-3-5-7(2)8-6/h4-5,8H,3H2,1-2H3. The largest absolute Gasteiger partial charge is 0.363 e. The summed E-state index contributed by atoms with van der Waals surface area (Å²) in [6, 6.07) is 0. The van der Waals surface area contributed by atoms with Gasteiger partial charge >= 0.3 is 0 Å². The molecule has 1 rings (SSSR count). The highest BCUT2D eigenvalue weighted by atomic mass is 14.9. The van der Waals surface area contributed by atoms with E-state index in [0.717, 1.165) is 6.42 Å². The van der Waals surface area contributed by atoms with Gasteiger partial charge in [-0.25, -0.2) is 0 Å². The monoisotopic (exact) mass is 109 g/mol. The van der Waals surface area contributed by atoms with Crippen molar-refractivity contribution < 1.29 is 0 Å². The summed E-state index contributed by atoms with van der Waals surface area (Å²) in [6.07, 6.45) is 5.44. The quantitative estimate of drug-likeness (QED) is 0.500. The van der Waals surface area contributed by atoms with Gasteiger partial charge < -0.3 is 5.32 Å². The van der Waals surface area contributed by atoms with E-state index in [9.17, 15) is 0 Å². The van der Waals surface area contributed by atoms with E-state index < -0.39 is 0 Å². The van der Waals surface area contributed by atoms with Crippen LogP contribution in [0.25, 0.3) is 0 Å². The minimum Gasteiger partial charge on any atom is -0.363 e. The van der Waals surface area contributed by atoms with Gasteiger partial charge in [-0.3, -0.25) is 0 Å². The van der Waals surface area contributed by atoms with Gasteiger partial charge in [-0.05, 0) is 20.3 Å². The third kappa shape index (κ3) is 1.12. The fourth-order valence-electron chi connectivity index (χ4n) is 0.826. The molecule has 0 spiro atoms. The first-order valence-corrected chi connectivity index (χ1v) is 2.89. The third-order valence-electron chi connectivity index (χ3n) is 1.24. The molecule has 1 heterocycles. The van der Waals surface area contributed by atoms with Crippen LogP contribution in [0, 0.1) is 0 Å². The smallest absolute Gasteiger partial charge is 0.00795 e. The Labute approximate surface area is 50.1 Å². The van der Waals surface area contributed by atoms with Crippen LogP contribution in [0.5, 0.6) is 0 Å². The second-order valence-electron chi connectivity index (χ2n) is 2.13. The van der Waals surface area contributed by atoms with Crippen LogP contribution < -0.4 is 5.32 Å². The highest BCUT2D eigenvalue weighted by Gasteiger charge is 1.93. The first kappa shape index (κ1) is 5.42. The molecule has 0 bridgehead atoms. The predicted molar refractivity (Wildman–Crippen MR) is 35.3 cm³/mol. The lowest BCUT2D eigenvalue weighted by atomic mass is 10.2. The number of nitrogens with one attached hydrogen (secondary N) is 1. The number of dihydropyridines is 1. The van der Waals surface area contributed by atoms with Gasteiger partial charge in [-0.2, -0.15) is 0 Å². The molecule has 0 aromatic heterocycles. The molecule has 0 atom stereocenters. The highest BCUT2D eigenvalue weighted by Crippen LogP contribution is 2.03. The molecule has 0 radical (unpaired) electrons. The van der Waals surface area contributed by atoms with Gasteiger partial charge in [0.05, 0.1) is 0 Å². The van der Waals surface area contributed by atoms with E-state index in [-0.39, 0.29) is 0 Å². The Morgan fingerprint density at radius 2 is 1.75 bits per heavy atom. The van der Waals surface area contributed by atoms with Crippen LogP contribution >= 0.6 is 0 Å². The lowest BCUT2D eigenvalue weighted by molar-refractivity contribution is 0.918. The maximum Gasteiger partial charge on any atom is 0.00795 e. The molecule has 0 unspecified atom stereocenters. The number of allylic oxidation sites excluding steroid dienone is 4. The predicted octanol–water partition coefficient (Wildman–Crippen LogP) is 1.79. The number of hydrogen-bond donors (Lipinski definition) is 1. The molecule has 0 aromatic rings. The first-order chi connectivity index (χ1) is 3.79. The molecule has 8 heavy (non-hydrogen) atoms. The molecule has 0 aromatic carbocycles. The van der Waals surface area contributed by atoms with Gasteiger partial charge in [0.15, 0.2) is 0 Å². The molecule has 44 valence electrons. The molecular formula is C7H11N. The summed E-state index contributed by atoms with van der Waals surface area (Å²) >= 11 is 0. The molecule has 1 aliphatic heterocycles. The molecular weight excluding hydrogens is 98.1 g/mol. The highest BCUT2D eigenvalue weighted by molar-refractivity contribution is 5.15. The average molecular weight is 109 g/mol. The summed E-state index contributed by atoms with van der Waals surface area (Å²) < 4.78 is 0. The lowest BCUT2D eigenvalue weighted by Crippen LogP contribution is -2.10. The Morgan fingerprint density at radius 1 is 1.25 bits per heavy atom. The van der Waals surface area contributed by atoms with Gasteiger partial charge in [-0.1, -0.05) is 12.2 Å². The Morgan fingerprint density at radius 3 is 2.00 bits per heavy atom. The Balaban J connectivity index is 2.57. The number of hydrogen-bond acceptors (Lipinski definition) is 1. The second kappa shape index (κ2) is 2.03. The summed E-state index contributed by atoms with van der Waals surface area (Å²) in [5.41, 5.74) is 2.54. The van der Waals surface area contributed by atoms with E-state index in [1.807, 2.05) is 0 Å². The zero-order valence-electron chi connectivity index (χ0n) is 5.36. The van der Waals surface area contributed by atoms with E-state index in [4.69, 9.17) is 0 Å². The van der Waals surface area contributed by atoms with Crippen molar-refractivity contribution in [1.29, 1.82) is 0 Å². The average Bonchev–Trinajstić information content (AvgIpc) is 1.64. The molecule has 0 aliphatic carbocycles. The minimum absolute atomic E-state index is 1.09. The topological polar surface area (TPSA) is 12.0 Å². The summed E-state index contributed by atoms with van der Waals surface area (Å²) in [5, 5.41) is 3.20. The van der Waals surface area contributed by atoms with Gasteiger partial charge in [-0.15, -0.1) is 0 Å². The van der Waals surface area contributed by atoms with Gasteiger partial charge in [0.1, 0.15) is 0 Å². The summed E-state index contributed by atoms with van der Waals surface area (Å²) in [5.74, 6) is 0. The first-order valence-electron chi connectivity index (χ1n) is 2.89. The Kier molecular flexibility index (Phi) is 1.38. The SMILES string of the molecule is CC1=CCC=C(C)N1.